The summed E-state index contributed by atoms with van der Waals surface area (Å²) in [6, 6.07) is 15.1. The first kappa shape index (κ1) is 22.1. The Labute approximate surface area is 185 Å². The van der Waals surface area contributed by atoms with Crippen molar-refractivity contribution in [2.75, 3.05) is 6.61 Å². The van der Waals surface area contributed by atoms with Gasteiger partial charge in [-0.3, -0.25) is 24.5 Å². The van der Waals surface area contributed by atoms with Gasteiger partial charge in [-0.15, -0.1) is 0 Å². The highest BCUT2D eigenvalue weighted by Gasteiger charge is 2.45. The van der Waals surface area contributed by atoms with Gasteiger partial charge in [0.15, 0.2) is 0 Å². The second-order valence-electron chi connectivity index (χ2n) is 7.09. The Bertz CT molecular complexity index is 1130. The van der Waals surface area contributed by atoms with Crippen molar-refractivity contribution in [1.29, 1.82) is 0 Å². The number of ether oxygens (including phenoxy) is 1. The maximum absolute atomic E-state index is 14.2. The summed E-state index contributed by atoms with van der Waals surface area (Å²) in [6.07, 6.45) is 3.22. The average Bonchev–Trinajstić information content (AvgIpc) is 2.84. The van der Waals surface area contributed by atoms with Gasteiger partial charge in [-0.1, -0.05) is 18.2 Å². The van der Waals surface area contributed by atoms with Crippen molar-refractivity contribution >= 4 is 18.7 Å². The minimum Gasteiger partial charge on any atom is -0.457 e. The number of fused-ring (bicyclic) bond motifs is 1. The number of aromatic nitrogens is 2. The van der Waals surface area contributed by atoms with Crippen molar-refractivity contribution in [2.24, 2.45) is 0 Å². The molecule has 2 heterocycles. The summed E-state index contributed by atoms with van der Waals surface area (Å²) >= 11 is 0. The average molecular weight is 454 g/mol. The summed E-state index contributed by atoms with van der Waals surface area (Å²) in [6.45, 7) is 1.98. The van der Waals surface area contributed by atoms with Crippen LogP contribution in [0.5, 0.6) is 11.5 Å². The van der Waals surface area contributed by atoms with E-state index in [9.17, 15) is 14.6 Å². The van der Waals surface area contributed by atoms with Crippen molar-refractivity contribution in [3.63, 3.8) is 0 Å². The van der Waals surface area contributed by atoms with Crippen LogP contribution in [-0.2, 0) is 26.8 Å². The molecule has 4 rings (SSSR count). The Balaban J connectivity index is 1.68. The van der Waals surface area contributed by atoms with Crippen molar-refractivity contribution < 1.29 is 23.8 Å². The number of carbonyl (C=O) groups is 1. The molecule has 1 aliphatic heterocycles. The first-order chi connectivity index (χ1) is 15.5. The zero-order valence-electron chi connectivity index (χ0n) is 17.4. The van der Waals surface area contributed by atoms with Crippen molar-refractivity contribution in [1.82, 2.24) is 20.1 Å². The van der Waals surface area contributed by atoms with E-state index < -0.39 is 19.5 Å². The predicted octanol–water partition coefficient (Wildman–Crippen LogP) is 3.06. The normalized spacial score (nSPS) is 17.8. The molecule has 1 unspecified atom stereocenters. The summed E-state index contributed by atoms with van der Waals surface area (Å²) in [5.41, 5.74) is 2.90. The molecule has 1 aromatic heterocycles. The first-order valence-corrected chi connectivity index (χ1v) is 11.7. The molecule has 0 radical (unpaired) electrons. The van der Waals surface area contributed by atoms with Gasteiger partial charge >= 0.3 is 7.52 Å². The van der Waals surface area contributed by atoms with E-state index in [1.165, 1.54) is 10.9 Å². The topological polar surface area (TPSA) is 114 Å². The van der Waals surface area contributed by atoms with Gasteiger partial charge in [0.2, 0.25) is 0 Å². The Hall–Kier alpha value is -3.10. The lowest BCUT2D eigenvalue weighted by atomic mass is 10.0. The van der Waals surface area contributed by atoms with Gasteiger partial charge in [0, 0.05) is 18.8 Å². The number of nitrogens with zero attached hydrogens (tertiary/aromatic N) is 3. The van der Waals surface area contributed by atoms with Crippen molar-refractivity contribution in [3.05, 3.63) is 78.4 Å². The van der Waals surface area contributed by atoms with Crippen LogP contribution in [0.2, 0.25) is 0 Å². The minimum absolute atomic E-state index is 0.0841. The molecule has 3 aromatic rings. The van der Waals surface area contributed by atoms with Crippen molar-refractivity contribution in [3.8, 4) is 11.5 Å². The van der Waals surface area contributed by atoms with Gasteiger partial charge in [0.1, 0.15) is 17.5 Å². The SMILES string of the molecule is CCOP(=O)(c1ccc(Oc2ccccc2)cc1)N1Cc2nccnc2C[C@@H]1C(=O)NO. The van der Waals surface area contributed by atoms with Crippen molar-refractivity contribution in [2.45, 2.75) is 25.9 Å². The second kappa shape index (κ2) is 9.58. The molecule has 0 aliphatic carbocycles. The van der Waals surface area contributed by atoms with Gasteiger partial charge < -0.3 is 9.26 Å². The molecule has 166 valence electrons. The van der Waals surface area contributed by atoms with Crippen LogP contribution in [0.25, 0.3) is 0 Å². The third-order valence-corrected chi connectivity index (χ3v) is 7.77. The van der Waals surface area contributed by atoms with Crippen LogP contribution in [0.15, 0.2) is 67.0 Å². The van der Waals surface area contributed by atoms with E-state index in [0.29, 0.717) is 28.2 Å². The molecule has 0 saturated heterocycles. The predicted molar refractivity (Wildman–Crippen MR) is 117 cm³/mol. The van der Waals surface area contributed by atoms with E-state index in [2.05, 4.69) is 9.97 Å². The van der Waals surface area contributed by atoms with Crippen LogP contribution in [0.1, 0.15) is 18.3 Å². The number of carbonyl (C=O) groups excluding carboxylic acids is 1. The van der Waals surface area contributed by atoms with E-state index in [1.807, 2.05) is 30.3 Å². The van der Waals surface area contributed by atoms with Crippen LogP contribution >= 0.6 is 7.52 Å². The van der Waals surface area contributed by atoms with Crippen LogP contribution in [-0.4, -0.2) is 38.4 Å². The standard InChI is InChI=1S/C22H23N4O5P/c1-2-30-32(29,18-10-8-17(9-11-18)31-16-6-4-3-5-7-16)26-15-20-19(23-12-13-24-20)14-21(26)22(27)25-28/h3-13,21,28H,2,14-15H2,1H3,(H,25,27)/t21-,32?/m1/s1. The fraction of sp³-hybridized carbons (Fsp3) is 0.227. The number of para-hydroxylation sites is 1. The van der Waals surface area contributed by atoms with Crippen LogP contribution < -0.4 is 15.5 Å². The molecule has 10 heteroatoms. The number of rotatable bonds is 7. The number of benzene rings is 2. The molecule has 9 nitrogen and oxygen atoms in total. The van der Waals surface area contributed by atoms with Gasteiger partial charge in [0.25, 0.3) is 5.91 Å². The number of nitrogens with one attached hydrogen (secondary N) is 1. The van der Waals surface area contributed by atoms with E-state index in [-0.39, 0.29) is 19.6 Å². The van der Waals surface area contributed by atoms with E-state index in [0.717, 1.165) is 0 Å². The summed E-state index contributed by atoms with van der Waals surface area (Å²) in [5, 5.41) is 9.69. The van der Waals surface area contributed by atoms with E-state index in [1.54, 1.807) is 42.9 Å². The lowest BCUT2D eigenvalue weighted by Crippen LogP contribution is -2.50. The fourth-order valence-electron chi connectivity index (χ4n) is 3.63. The Morgan fingerprint density at radius 2 is 1.75 bits per heavy atom. The summed E-state index contributed by atoms with van der Waals surface area (Å²) in [4.78, 5) is 21.1. The number of hydroxylamine groups is 1. The zero-order chi connectivity index (χ0) is 22.6. The monoisotopic (exact) mass is 454 g/mol. The maximum atomic E-state index is 14.2. The molecule has 0 saturated carbocycles. The summed E-state index contributed by atoms with van der Waals surface area (Å²) < 4.78 is 27.3. The molecule has 0 spiro atoms. The third-order valence-electron chi connectivity index (χ3n) is 5.12. The highest BCUT2D eigenvalue weighted by Crippen LogP contribution is 2.53. The molecular formula is C22H23N4O5P. The quantitative estimate of drug-likeness (QED) is 0.318. The molecule has 0 fully saturated rings. The third kappa shape index (κ3) is 4.42. The fourth-order valence-corrected chi connectivity index (χ4v) is 5.97. The van der Waals surface area contributed by atoms with E-state index >= 15 is 0 Å². The Kier molecular flexibility index (Phi) is 6.62. The lowest BCUT2D eigenvalue weighted by molar-refractivity contribution is -0.133. The zero-order valence-corrected chi connectivity index (χ0v) is 18.3. The van der Waals surface area contributed by atoms with Gasteiger partial charge in [-0.25, -0.2) is 10.2 Å². The molecule has 1 aliphatic rings. The van der Waals surface area contributed by atoms with Crippen LogP contribution in [0.3, 0.4) is 0 Å². The lowest BCUT2D eigenvalue weighted by Gasteiger charge is -2.38. The number of hydrogen-bond donors (Lipinski definition) is 2. The van der Waals surface area contributed by atoms with E-state index in [4.69, 9.17) is 9.26 Å². The van der Waals surface area contributed by atoms with Crippen LogP contribution in [0, 0.1) is 0 Å². The van der Waals surface area contributed by atoms with Gasteiger partial charge in [-0.2, -0.15) is 0 Å². The number of hydrogen-bond acceptors (Lipinski definition) is 7. The maximum Gasteiger partial charge on any atom is 0.303 e. The molecule has 0 bridgehead atoms. The Morgan fingerprint density at radius 1 is 1.09 bits per heavy atom. The molecule has 2 N–H and O–H groups in total. The Morgan fingerprint density at radius 3 is 2.41 bits per heavy atom. The smallest absolute Gasteiger partial charge is 0.303 e. The second-order valence-corrected chi connectivity index (χ2v) is 9.42. The van der Waals surface area contributed by atoms with Crippen LogP contribution in [0.4, 0.5) is 0 Å². The first-order valence-electron chi connectivity index (χ1n) is 10.1. The van der Waals surface area contributed by atoms with Gasteiger partial charge in [-0.05, 0) is 43.3 Å². The highest BCUT2D eigenvalue weighted by molar-refractivity contribution is 7.64. The minimum atomic E-state index is -3.69. The molecule has 1 amide bonds. The summed E-state index contributed by atoms with van der Waals surface area (Å²) in [7, 11) is -3.69. The highest BCUT2D eigenvalue weighted by atomic mass is 31.2. The largest absolute Gasteiger partial charge is 0.457 e. The summed E-state index contributed by atoms with van der Waals surface area (Å²) in [5.74, 6) is 0.562. The molecule has 32 heavy (non-hydrogen) atoms. The molecule has 2 atom stereocenters. The number of amides is 1. The molecular weight excluding hydrogens is 431 g/mol. The van der Waals surface area contributed by atoms with Gasteiger partial charge in [0.05, 0.1) is 29.8 Å². The molecule has 2 aromatic carbocycles.